The molecule has 1 aromatic carbocycles. The Hall–Kier alpha value is -0.920. The van der Waals surface area contributed by atoms with Gasteiger partial charge < -0.3 is 5.11 Å². The van der Waals surface area contributed by atoms with E-state index < -0.39 is 0 Å². The van der Waals surface area contributed by atoms with Crippen molar-refractivity contribution in [1.82, 2.24) is 20.2 Å². The molecule has 0 aliphatic rings. The van der Waals surface area contributed by atoms with E-state index in [2.05, 4.69) is 31.5 Å². The quantitative estimate of drug-likeness (QED) is 0.867. The molecule has 7 heteroatoms. The molecule has 1 aromatic heterocycles. The van der Waals surface area contributed by atoms with Gasteiger partial charge in [0.15, 0.2) is 0 Å². The third-order valence-electron chi connectivity index (χ3n) is 1.83. The van der Waals surface area contributed by atoms with Gasteiger partial charge in [0, 0.05) is 10.2 Å². The zero-order valence-electron chi connectivity index (χ0n) is 8.25. The Kier molecular flexibility index (Phi) is 3.92. The maximum absolute atomic E-state index is 8.76. The molecule has 0 aliphatic heterocycles. The molecule has 0 saturated carbocycles. The summed E-state index contributed by atoms with van der Waals surface area (Å²) < 4.78 is 2.65. The van der Waals surface area contributed by atoms with Crippen LogP contribution in [0.3, 0.4) is 0 Å². The van der Waals surface area contributed by atoms with E-state index in [0.29, 0.717) is 10.9 Å². The van der Waals surface area contributed by atoms with E-state index in [1.807, 2.05) is 24.3 Å². The minimum Gasteiger partial charge on any atom is -0.396 e. The van der Waals surface area contributed by atoms with Gasteiger partial charge in [0.25, 0.3) is 0 Å². The van der Waals surface area contributed by atoms with E-state index in [1.54, 1.807) is 4.68 Å². The summed E-state index contributed by atoms with van der Waals surface area (Å²) in [6.45, 7) is 0.109. The molecule has 84 valence electrons. The molecule has 0 saturated heterocycles. The van der Waals surface area contributed by atoms with Crippen molar-refractivity contribution in [3.63, 3.8) is 0 Å². The topological polar surface area (TPSA) is 63.8 Å². The highest BCUT2D eigenvalue weighted by molar-refractivity contribution is 9.10. The first-order valence-corrected chi connectivity index (χ1v) is 6.37. The van der Waals surface area contributed by atoms with Gasteiger partial charge in [0.05, 0.1) is 12.3 Å². The van der Waals surface area contributed by atoms with Crippen LogP contribution in [0.4, 0.5) is 0 Å². The van der Waals surface area contributed by atoms with E-state index in [-0.39, 0.29) is 6.61 Å². The van der Waals surface area contributed by atoms with Crippen LogP contribution in [0.5, 0.6) is 0 Å². The van der Waals surface area contributed by atoms with Gasteiger partial charge in [0.2, 0.25) is 5.16 Å². The van der Waals surface area contributed by atoms with E-state index in [0.717, 1.165) is 10.2 Å². The number of rotatable bonds is 4. The molecule has 16 heavy (non-hydrogen) atoms. The Morgan fingerprint density at radius 2 is 2.06 bits per heavy atom. The molecule has 1 heterocycles. The molecular weight excluding hydrogens is 292 g/mol. The summed E-state index contributed by atoms with van der Waals surface area (Å²) in [6.07, 6.45) is 0. The Morgan fingerprint density at radius 1 is 1.31 bits per heavy atom. The zero-order chi connectivity index (χ0) is 11.4. The number of hydrogen-bond donors (Lipinski definition) is 1. The molecule has 0 unspecified atom stereocenters. The highest BCUT2D eigenvalue weighted by Gasteiger charge is 2.07. The fraction of sp³-hybridized carbons (Fsp3) is 0.222. The molecule has 0 radical (unpaired) electrons. The third kappa shape index (κ3) is 2.60. The number of nitrogens with zero attached hydrogens (tertiary/aromatic N) is 4. The van der Waals surface area contributed by atoms with Crippen LogP contribution >= 0.6 is 27.7 Å². The fourth-order valence-corrected chi connectivity index (χ4v) is 2.05. The van der Waals surface area contributed by atoms with Gasteiger partial charge in [-0.3, -0.25) is 0 Å². The number of aliphatic hydroxyl groups is 1. The van der Waals surface area contributed by atoms with Crippen LogP contribution in [0.2, 0.25) is 0 Å². The lowest BCUT2D eigenvalue weighted by atomic mass is 10.3. The van der Waals surface area contributed by atoms with Crippen molar-refractivity contribution in [3.05, 3.63) is 28.7 Å². The zero-order valence-corrected chi connectivity index (χ0v) is 10.6. The van der Waals surface area contributed by atoms with Crippen LogP contribution in [0, 0.1) is 0 Å². The summed E-state index contributed by atoms with van der Waals surface area (Å²) in [5, 5.41) is 20.9. The number of hydrogen-bond acceptors (Lipinski definition) is 5. The van der Waals surface area contributed by atoms with Gasteiger partial charge in [-0.2, -0.15) is 4.68 Å². The van der Waals surface area contributed by atoms with Crippen LogP contribution in [0.1, 0.15) is 0 Å². The third-order valence-corrected chi connectivity index (χ3v) is 3.26. The fourth-order valence-electron chi connectivity index (χ4n) is 1.15. The highest BCUT2D eigenvalue weighted by Crippen LogP contribution is 2.19. The molecular formula is C9H9BrN4OS. The molecule has 0 atom stereocenters. The van der Waals surface area contributed by atoms with Gasteiger partial charge in [0.1, 0.15) is 0 Å². The van der Waals surface area contributed by atoms with Gasteiger partial charge in [-0.05, 0) is 34.7 Å². The standard InChI is InChI=1S/C9H9BrN4OS/c10-7-1-3-8(4-2-7)14-9(11-12-13-14)16-6-5-15/h1-4,15H,5-6H2. The van der Waals surface area contributed by atoms with Crippen LogP contribution in [0.25, 0.3) is 5.69 Å². The van der Waals surface area contributed by atoms with Crippen LogP contribution in [-0.2, 0) is 0 Å². The number of tetrazole rings is 1. The van der Waals surface area contributed by atoms with E-state index >= 15 is 0 Å². The highest BCUT2D eigenvalue weighted by atomic mass is 79.9. The van der Waals surface area contributed by atoms with Crippen molar-refractivity contribution in [2.45, 2.75) is 5.16 Å². The van der Waals surface area contributed by atoms with Crippen LogP contribution in [0.15, 0.2) is 33.9 Å². The summed E-state index contributed by atoms with van der Waals surface area (Å²) >= 11 is 4.79. The number of benzene rings is 1. The average Bonchev–Trinajstić information content (AvgIpc) is 2.75. The van der Waals surface area contributed by atoms with Gasteiger partial charge >= 0.3 is 0 Å². The Labute approximate surface area is 105 Å². The molecule has 0 spiro atoms. The second-order valence-electron chi connectivity index (χ2n) is 2.92. The number of aliphatic hydroxyl groups excluding tert-OH is 1. The number of aromatic nitrogens is 4. The average molecular weight is 301 g/mol. The largest absolute Gasteiger partial charge is 0.396 e. The van der Waals surface area contributed by atoms with Crippen molar-refractivity contribution < 1.29 is 5.11 Å². The SMILES string of the molecule is OCCSc1nnnn1-c1ccc(Br)cc1. The molecule has 5 nitrogen and oxygen atoms in total. The minimum absolute atomic E-state index is 0.109. The molecule has 0 aliphatic carbocycles. The maximum Gasteiger partial charge on any atom is 0.214 e. The maximum atomic E-state index is 8.76. The normalized spacial score (nSPS) is 10.6. The second kappa shape index (κ2) is 5.42. The monoisotopic (exact) mass is 300 g/mol. The van der Waals surface area contributed by atoms with Crippen molar-refractivity contribution in [2.24, 2.45) is 0 Å². The first-order valence-electron chi connectivity index (χ1n) is 4.59. The lowest BCUT2D eigenvalue weighted by molar-refractivity contribution is 0.322. The van der Waals surface area contributed by atoms with Crippen molar-refractivity contribution >= 4 is 27.7 Å². The van der Waals surface area contributed by atoms with Crippen LogP contribution in [-0.4, -0.2) is 37.7 Å². The molecule has 0 bridgehead atoms. The first kappa shape index (κ1) is 11.6. The van der Waals surface area contributed by atoms with Crippen molar-refractivity contribution in [3.8, 4) is 5.69 Å². The predicted molar refractivity (Wildman–Crippen MR) is 64.7 cm³/mol. The van der Waals surface area contributed by atoms with Gasteiger partial charge in [-0.25, -0.2) is 0 Å². The van der Waals surface area contributed by atoms with Crippen molar-refractivity contribution in [1.29, 1.82) is 0 Å². The molecule has 2 aromatic rings. The minimum atomic E-state index is 0.109. The Bertz CT molecular complexity index is 459. The van der Waals surface area contributed by atoms with E-state index in [9.17, 15) is 0 Å². The lowest BCUT2D eigenvalue weighted by Gasteiger charge is -2.03. The van der Waals surface area contributed by atoms with E-state index in [1.165, 1.54) is 11.8 Å². The molecule has 0 amide bonds. The summed E-state index contributed by atoms with van der Waals surface area (Å²) in [5.41, 5.74) is 0.897. The summed E-state index contributed by atoms with van der Waals surface area (Å²) in [5.74, 6) is 0.580. The van der Waals surface area contributed by atoms with Crippen LogP contribution < -0.4 is 0 Å². The lowest BCUT2D eigenvalue weighted by Crippen LogP contribution is -1.99. The summed E-state index contributed by atoms with van der Waals surface area (Å²) in [6, 6.07) is 7.70. The molecule has 0 fully saturated rings. The van der Waals surface area contributed by atoms with Gasteiger partial charge in [-0.15, -0.1) is 5.10 Å². The first-order chi connectivity index (χ1) is 7.81. The number of thioether (sulfide) groups is 1. The summed E-state index contributed by atoms with van der Waals surface area (Å²) in [7, 11) is 0. The number of halogens is 1. The predicted octanol–water partition coefficient (Wildman–Crippen LogP) is 1.51. The Morgan fingerprint density at radius 3 is 2.75 bits per heavy atom. The van der Waals surface area contributed by atoms with Crippen molar-refractivity contribution in [2.75, 3.05) is 12.4 Å². The molecule has 2 rings (SSSR count). The second-order valence-corrected chi connectivity index (χ2v) is 4.90. The Balaban J connectivity index is 2.26. The smallest absolute Gasteiger partial charge is 0.214 e. The molecule has 1 N–H and O–H groups in total. The summed E-state index contributed by atoms with van der Waals surface area (Å²) in [4.78, 5) is 0. The van der Waals surface area contributed by atoms with E-state index in [4.69, 9.17) is 5.11 Å². The van der Waals surface area contributed by atoms with Gasteiger partial charge in [-0.1, -0.05) is 27.7 Å².